The number of Topliss-reactive ketones (excluding diaryl/α,β-unsaturated/α-hetero) is 1. The third-order valence-corrected chi connectivity index (χ3v) is 4.72. The number of hydrogen-bond acceptors (Lipinski definition) is 3. The van der Waals surface area contributed by atoms with Crippen molar-refractivity contribution in [3.8, 4) is 0 Å². The zero-order valence-electron chi connectivity index (χ0n) is 15.1. The number of H-pyrrole nitrogens is 1. The van der Waals surface area contributed by atoms with Crippen LogP contribution in [-0.4, -0.2) is 40.8 Å². The molecule has 0 bridgehead atoms. The van der Waals surface area contributed by atoms with Crippen LogP contribution in [0.3, 0.4) is 0 Å². The lowest BCUT2D eigenvalue weighted by Gasteiger charge is -2.37. The van der Waals surface area contributed by atoms with Gasteiger partial charge in [0.25, 0.3) is 5.91 Å². The van der Waals surface area contributed by atoms with Crippen molar-refractivity contribution in [2.45, 2.75) is 39.9 Å². The Kier molecular flexibility index (Phi) is 4.77. The Balaban J connectivity index is 1.87. The molecule has 1 N–H and O–H groups in total. The molecular formula is C20H24N2O3. The number of rotatable bonds is 3. The maximum atomic E-state index is 13.1. The van der Waals surface area contributed by atoms with Crippen molar-refractivity contribution in [3.63, 3.8) is 0 Å². The monoisotopic (exact) mass is 340 g/mol. The molecule has 1 aromatic carbocycles. The molecule has 2 heterocycles. The van der Waals surface area contributed by atoms with E-state index in [1.807, 2.05) is 56.0 Å². The summed E-state index contributed by atoms with van der Waals surface area (Å²) in [7, 11) is 0. The van der Waals surface area contributed by atoms with Crippen LogP contribution in [0.4, 0.5) is 0 Å². The van der Waals surface area contributed by atoms with Gasteiger partial charge < -0.3 is 14.6 Å². The van der Waals surface area contributed by atoms with E-state index in [1.54, 1.807) is 0 Å². The maximum Gasteiger partial charge on any atom is 0.270 e. The van der Waals surface area contributed by atoms with E-state index in [1.165, 1.54) is 6.92 Å². The van der Waals surface area contributed by atoms with Crippen molar-refractivity contribution in [3.05, 3.63) is 58.4 Å². The summed E-state index contributed by atoms with van der Waals surface area (Å²) < 4.78 is 6.03. The average Bonchev–Trinajstić information content (AvgIpc) is 2.89. The lowest BCUT2D eigenvalue weighted by Crippen LogP contribution is -2.46. The Bertz CT molecular complexity index is 795. The van der Waals surface area contributed by atoms with Crippen LogP contribution >= 0.6 is 0 Å². The van der Waals surface area contributed by atoms with Crippen molar-refractivity contribution in [2.24, 2.45) is 0 Å². The van der Waals surface area contributed by atoms with Crippen molar-refractivity contribution in [1.82, 2.24) is 9.88 Å². The van der Waals surface area contributed by atoms with E-state index in [-0.39, 0.29) is 23.9 Å². The second-order valence-electron chi connectivity index (χ2n) is 6.74. The average molecular weight is 340 g/mol. The summed E-state index contributed by atoms with van der Waals surface area (Å²) in [4.78, 5) is 29.8. The minimum absolute atomic E-state index is 0.0252. The molecule has 1 fully saturated rings. The number of benzene rings is 1. The zero-order chi connectivity index (χ0) is 18.1. The number of ether oxygens (including phenoxy) is 1. The fourth-order valence-electron chi connectivity index (χ4n) is 3.62. The normalized spacial score (nSPS) is 20.6. The number of amides is 1. The van der Waals surface area contributed by atoms with Crippen molar-refractivity contribution in [1.29, 1.82) is 0 Å². The molecule has 1 saturated heterocycles. The van der Waals surface area contributed by atoms with Crippen LogP contribution in [0.1, 0.15) is 57.6 Å². The summed E-state index contributed by atoms with van der Waals surface area (Å²) in [6.45, 7) is 8.19. The molecule has 2 aromatic rings. The minimum atomic E-state index is -0.141. The van der Waals surface area contributed by atoms with Gasteiger partial charge in [0.2, 0.25) is 0 Å². The molecule has 1 aliphatic heterocycles. The molecule has 5 heteroatoms. The molecule has 3 rings (SSSR count). The molecule has 5 nitrogen and oxygen atoms in total. The van der Waals surface area contributed by atoms with Crippen molar-refractivity contribution in [2.75, 3.05) is 13.1 Å². The van der Waals surface area contributed by atoms with Crippen LogP contribution in [-0.2, 0) is 4.74 Å². The topological polar surface area (TPSA) is 62.4 Å². The number of nitrogens with one attached hydrogen (secondary N) is 1. The first-order chi connectivity index (χ1) is 11.9. The van der Waals surface area contributed by atoms with Crippen LogP contribution < -0.4 is 0 Å². The van der Waals surface area contributed by atoms with E-state index >= 15 is 0 Å². The van der Waals surface area contributed by atoms with Gasteiger partial charge in [-0.2, -0.15) is 0 Å². The summed E-state index contributed by atoms with van der Waals surface area (Å²) >= 11 is 0. The second kappa shape index (κ2) is 6.84. The first-order valence-electron chi connectivity index (χ1n) is 8.58. The lowest BCUT2D eigenvalue weighted by molar-refractivity contribution is -0.0693. The quantitative estimate of drug-likeness (QED) is 0.871. The molecule has 0 radical (unpaired) electrons. The third-order valence-electron chi connectivity index (χ3n) is 4.72. The Morgan fingerprint density at radius 3 is 2.44 bits per heavy atom. The Morgan fingerprint density at radius 2 is 1.84 bits per heavy atom. The van der Waals surface area contributed by atoms with E-state index < -0.39 is 0 Å². The van der Waals surface area contributed by atoms with E-state index in [4.69, 9.17) is 4.74 Å². The number of morpholine rings is 1. The van der Waals surface area contributed by atoms with Gasteiger partial charge in [-0.1, -0.05) is 30.3 Å². The zero-order valence-corrected chi connectivity index (χ0v) is 15.1. The van der Waals surface area contributed by atoms with E-state index in [0.717, 1.165) is 16.8 Å². The minimum Gasteiger partial charge on any atom is -0.367 e. The lowest BCUT2D eigenvalue weighted by atomic mass is 10.0. The molecule has 0 aliphatic carbocycles. The van der Waals surface area contributed by atoms with Crippen molar-refractivity contribution >= 4 is 11.7 Å². The highest BCUT2D eigenvalue weighted by Gasteiger charge is 2.32. The van der Waals surface area contributed by atoms with Gasteiger partial charge in [0.15, 0.2) is 5.78 Å². The smallest absolute Gasteiger partial charge is 0.270 e. The Labute approximate surface area is 148 Å². The van der Waals surface area contributed by atoms with Crippen LogP contribution in [0.25, 0.3) is 0 Å². The van der Waals surface area contributed by atoms with Gasteiger partial charge in [-0.3, -0.25) is 9.59 Å². The summed E-state index contributed by atoms with van der Waals surface area (Å²) in [5.41, 5.74) is 3.66. The van der Waals surface area contributed by atoms with Gasteiger partial charge in [-0.05, 0) is 38.8 Å². The molecule has 132 valence electrons. The van der Waals surface area contributed by atoms with Crippen LogP contribution in [0.5, 0.6) is 0 Å². The van der Waals surface area contributed by atoms with Crippen LogP contribution in [0.15, 0.2) is 30.3 Å². The Morgan fingerprint density at radius 1 is 1.16 bits per heavy atom. The molecule has 1 amide bonds. The summed E-state index contributed by atoms with van der Waals surface area (Å²) in [6, 6.07) is 9.95. The number of carbonyl (C=O) groups excluding carboxylic acids is 2. The molecule has 1 aromatic heterocycles. The van der Waals surface area contributed by atoms with Crippen molar-refractivity contribution < 1.29 is 14.3 Å². The molecule has 0 spiro atoms. The van der Waals surface area contributed by atoms with E-state index in [2.05, 4.69) is 4.98 Å². The number of nitrogens with zero attached hydrogens (tertiary/aromatic N) is 1. The fraction of sp³-hybridized carbons (Fsp3) is 0.400. The largest absolute Gasteiger partial charge is 0.367 e. The molecule has 1 aliphatic rings. The predicted molar refractivity (Wildman–Crippen MR) is 95.9 cm³/mol. The number of aromatic amines is 1. The molecular weight excluding hydrogens is 316 g/mol. The second-order valence-corrected chi connectivity index (χ2v) is 6.74. The molecule has 2 atom stereocenters. The SMILES string of the molecule is CC(=O)c1c(C)[nH]c(C(=O)N2C[C@@H](C)O[C@@H](c3ccccc3)C2)c1C. The highest BCUT2D eigenvalue weighted by atomic mass is 16.5. The Hall–Kier alpha value is -2.40. The number of aryl methyl sites for hydroxylation is 1. The van der Waals surface area contributed by atoms with Gasteiger partial charge in [0.1, 0.15) is 11.8 Å². The van der Waals surface area contributed by atoms with Gasteiger partial charge in [0, 0.05) is 17.8 Å². The maximum absolute atomic E-state index is 13.1. The first kappa shape index (κ1) is 17.4. The molecule has 0 saturated carbocycles. The highest BCUT2D eigenvalue weighted by molar-refractivity contribution is 6.02. The summed E-state index contributed by atoms with van der Waals surface area (Å²) in [5, 5.41) is 0. The van der Waals surface area contributed by atoms with Gasteiger partial charge in [-0.15, -0.1) is 0 Å². The number of ketones is 1. The van der Waals surface area contributed by atoms with Gasteiger partial charge in [-0.25, -0.2) is 0 Å². The highest BCUT2D eigenvalue weighted by Crippen LogP contribution is 2.27. The fourth-order valence-corrected chi connectivity index (χ4v) is 3.62. The molecule has 25 heavy (non-hydrogen) atoms. The van der Waals surface area contributed by atoms with Gasteiger partial charge >= 0.3 is 0 Å². The standard InChI is InChI=1S/C20H24N2O3/c1-12-10-22(11-17(25-12)16-8-6-5-7-9-16)20(24)19-13(2)18(15(4)23)14(3)21-19/h5-9,12,17,21H,10-11H2,1-4H3/t12-,17-/m1/s1. The summed E-state index contributed by atoms with van der Waals surface area (Å²) in [5.74, 6) is -0.105. The summed E-state index contributed by atoms with van der Waals surface area (Å²) in [6.07, 6.45) is -0.191. The number of hydrogen-bond donors (Lipinski definition) is 1. The van der Waals surface area contributed by atoms with Crippen LogP contribution in [0.2, 0.25) is 0 Å². The first-order valence-corrected chi connectivity index (χ1v) is 8.58. The van der Waals surface area contributed by atoms with E-state index in [0.29, 0.717) is 24.3 Å². The number of aromatic nitrogens is 1. The third kappa shape index (κ3) is 3.37. The van der Waals surface area contributed by atoms with Gasteiger partial charge in [0.05, 0.1) is 12.6 Å². The number of carbonyl (C=O) groups is 2. The van der Waals surface area contributed by atoms with E-state index in [9.17, 15) is 9.59 Å². The molecule has 0 unspecified atom stereocenters. The predicted octanol–water partition coefficient (Wildman–Crippen LogP) is 3.44. The van der Waals surface area contributed by atoms with Crippen LogP contribution in [0, 0.1) is 13.8 Å².